The maximum atomic E-state index is 5.10. The first-order valence-electron chi connectivity index (χ1n) is 5.69. The quantitative estimate of drug-likeness (QED) is 0.695. The third kappa shape index (κ3) is 4.40. The number of hydrogen-bond donors (Lipinski definition) is 1. The molecule has 0 saturated carbocycles. The topological polar surface area (TPSA) is 24.5 Å². The lowest BCUT2D eigenvalue weighted by molar-refractivity contribution is 0.163. The van der Waals surface area contributed by atoms with Crippen molar-refractivity contribution in [2.45, 2.75) is 38.8 Å². The molecule has 0 bridgehead atoms. The highest BCUT2D eigenvalue weighted by atomic mass is 16.5. The Bertz CT molecular complexity index is 146. The summed E-state index contributed by atoms with van der Waals surface area (Å²) in [5, 5.41) is 3.54. The molecule has 0 aromatic heterocycles. The van der Waals surface area contributed by atoms with Gasteiger partial charge in [-0.05, 0) is 39.8 Å². The average molecular weight is 200 g/mol. The molecule has 0 amide bonds. The van der Waals surface area contributed by atoms with Crippen molar-refractivity contribution in [2.24, 2.45) is 0 Å². The van der Waals surface area contributed by atoms with E-state index in [2.05, 4.69) is 24.1 Å². The molecule has 1 aliphatic rings. The van der Waals surface area contributed by atoms with Crippen LogP contribution in [-0.4, -0.2) is 50.3 Å². The molecule has 14 heavy (non-hydrogen) atoms. The van der Waals surface area contributed by atoms with Crippen LogP contribution in [-0.2, 0) is 4.74 Å². The van der Waals surface area contributed by atoms with Gasteiger partial charge in [-0.2, -0.15) is 0 Å². The zero-order chi connectivity index (χ0) is 10.4. The van der Waals surface area contributed by atoms with Crippen LogP contribution in [0, 0.1) is 0 Å². The van der Waals surface area contributed by atoms with Gasteiger partial charge in [-0.1, -0.05) is 0 Å². The average Bonchev–Trinajstić information content (AvgIpc) is 2.56. The van der Waals surface area contributed by atoms with Gasteiger partial charge in [-0.3, -0.25) is 0 Å². The Kier molecular flexibility index (Phi) is 5.45. The van der Waals surface area contributed by atoms with Crippen LogP contribution in [0.4, 0.5) is 0 Å². The van der Waals surface area contributed by atoms with Crippen LogP contribution in [0.5, 0.6) is 0 Å². The lowest BCUT2D eigenvalue weighted by atomic mass is 10.2. The van der Waals surface area contributed by atoms with E-state index >= 15 is 0 Å². The molecule has 1 fully saturated rings. The van der Waals surface area contributed by atoms with Crippen molar-refractivity contribution in [1.29, 1.82) is 0 Å². The van der Waals surface area contributed by atoms with Crippen molar-refractivity contribution in [2.75, 3.05) is 33.4 Å². The minimum absolute atomic E-state index is 0.456. The van der Waals surface area contributed by atoms with Crippen LogP contribution in [0.3, 0.4) is 0 Å². The Morgan fingerprint density at radius 1 is 1.21 bits per heavy atom. The molecule has 0 aromatic rings. The Hall–Kier alpha value is -0.120. The number of likely N-dealkylation sites (tertiary alicyclic amines) is 1. The fourth-order valence-electron chi connectivity index (χ4n) is 2.19. The summed E-state index contributed by atoms with van der Waals surface area (Å²) < 4.78 is 5.10. The second-order valence-electron chi connectivity index (χ2n) is 4.43. The predicted octanol–water partition coefficient (Wildman–Crippen LogP) is 1.10. The van der Waals surface area contributed by atoms with Gasteiger partial charge in [0, 0.05) is 25.7 Å². The SMILES string of the molecule is COCC(C)NC(C)CN1CCCC1. The van der Waals surface area contributed by atoms with E-state index in [1.165, 1.54) is 32.5 Å². The summed E-state index contributed by atoms with van der Waals surface area (Å²) in [6, 6.07) is 1.02. The van der Waals surface area contributed by atoms with Crippen LogP contribution in [0.1, 0.15) is 26.7 Å². The maximum absolute atomic E-state index is 5.10. The molecule has 0 aromatic carbocycles. The number of rotatable bonds is 6. The first-order chi connectivity index (χ1) is 6.72. The van der Waals surface area contributed by atoms with Gasteiger partial charge in [0.15, 0.2) is 0 Å². The Morgan fingerprint density at radius 2 is 1.86 bits per heavy atom. The predicted molar refractivity (Wildman–Crippen MR) is 59.6 cm³/mol. The highest BCUT2D eigenvalue weighted by molar-refractivity contribution is 4.74. The number of methoxy groups -OCH3 is 1. The second kappa shape index (κ2) is 6.38. The Labute approximate surface area is 87.8 Å². The van der Waals surface area contributed by atoms with Gasteiger partial charge >= 0.3 is 0 Å². The van der Waals surface area contributed by atoms with E-state index in [1.54, 1.807) is 7.11 Å². The largest absolute Gasteiger partial charge is 0.383 e. The van der Waals surface area contributed by atoms with Crippen molar-refractivity contribution >= 4 is 0 Å². The Morgan fingerprint density at radius 3 is 2.43 bits per heavy atom. The molecule has 0 aliphatic carbocycles. The molecule has 1 rings (SSSR count). The van der Waals surface area contributed by atoms with Crippen LogP contribution in [0.15, 0.2) is 0 Å². The summed E-state index contributed by atoms with van der Waals surface area (Å²) in [5.41, 5.74) is 0. The number of nitrogens with one attached hydrogen (secondary N) is 1. The van der Waals surface area contributed by atoms with Crippen LogP contribution >= 0.6 is 0 Å². The summed E-state index contributed by atoms with van der Waals surface area (Å²) in [7, 11) is 1.75. The normalized spacial score (nSPS) is 22.5. The molecule has 3 nitrogen and oxygen atoms in total. The van der Waals surface area contributed by atoms with Gasteiger partial charge in [0.05, 0.1) is 6.61 Å². The maximum Gasteiger partial charge on any atom is 0.0613 e. The van der Waals surface area contributed by atoms with Crippen molar-refractivity contribution in [3.63, 3.8) is 0 Å². The highest BCUT2D eigenvalue weighted by Gasteiger charge is 2.15. The zero-order valence-electron chi connectivity index (χ0n) is 9.75. The molecule has 1 N–H and O–H groups in total. The highest BCUT2D eigenvalue weighted by Crippen LogP contribution is 2.07. The second-order valence-corrected chi connectivity index (χ2v) is 4.43. The zero-order valence-corrected chi connectivity index (χ0v) is 9.75. The van der Waals surface area contributed by atoms with E-state index in [-0.39, 0.29) is 0 Å². The van der Waals surface area contributed by atoms with Crippen LogP contribution in [0.25, 0.3) is 0 Å². The molecule has 2 atom stereocenters. The van der Waals surface area contributed by atoms with Gasteiger partial charge in [0.2, 0.25) is 0 Å². The molecule has 0 radical (unpaired) electrons. The van der Waals surface area contributed by atoms with Gasteiger partial charge in [-0.25, -0.2) is 0 Å². The summed E-state index contributed by atoms with van der Waals surface area (Å²) >= 11 is 0. The fraction of sp³-hybridized carbons (Fsp3) is 1.00. The van der Waals surface area contributed by atoms with Crippen molar-refractivity contribution in [3.8, 4) is 0 Å². The molecular formula is C11H24N2O. The molecule has 1 saturated heterocycles. The molecular weight excluding hydrogens is 176 g/mol. The number of nitrogens with zero attached hydrogens (tertiary/aromatic N) is 1. The fourth-order valence-corrected chi connectivity index (χ4v) is 2.19. The molecule has 2 unspecified atom stereocenters. The van der Waals surface area contributed by atoms with E-state index in [4.69, 9.17) is 4.74 Å². The first kappa shape index (κ1) is 12.0. The van der Waals surface area contributed by atoms with Gasteiger partial charge in [0.25, 0.3) is 0 Å². The van der Waals surface area contributed by atoms with Gasteiger partial charge in [0.1, 0.15) is 0 Å². The number of ether oxygens (including phenoxy) is 1. The molecule has 0 spiro atoms. The summed E-state index contributed by atoms with van der Waals surface area (Å²) in [6.07, 6.45) is 2.75. The number of hydrogen-bond acceptors (Lipinski definition) is 3. The molecule has 1 heterocycles. The van der Waals surface area contributed by atoms with Crippen LogP contribution in [0.2, 0.25) is 0 Å². The summed E-state index contributed by atoms with van der Waals surface area (Å²) in [4.78, 5) is 2.54. The standard InChI is InChI=1S/C11H24N2O/c1-10(12-11(2)9-14-3)8-13-6-4-5-7-13/h10-12H,4-9H2,1-3H3. The van der Waals surface area contributed by atoms with E-state index < -0.39 is 0 Å². The van der Waals surface area contributed by atoms with Crippen molar-refractivity contribution in [3.05, 3.63) is 0 Å². The van der Waals surface area contributed by atoms with E-state index in [9.17, 15) is 0 Å². The summed E-state index contributed by atoms with van der Waals surface area (Å²) in [6.45, 7) is 8.96. The molecule has 1 aliphatic heterocycles. The van der Waals surface area contributed by atoms with Gasteiger partial charge < -0.3 is 15.0 Å². The van der Waals surface area contributed by atoms with Crippen molar-refractivity contribution < 1.29 is 4.74 Å². The lowest BCUT2D eigenvalue weighted by Gasteiger charge is -2.24. The van der Waals surface area contributed by atoms with E-state index in [0.29, 0.717) is 12.1 Å². The van der Waals surface area contributed by atoms with Crippen LogP contribution < -0.4 is 5.32 Å². The Balaban J connectivity index is 2.10. The lowest BCUT2D eigenvalue weighted by Crippen LogP contribution is -2.43. The minimum Gasteiger partial charge on any atom is -0.383 e. The smallest absolute Gasteiger partial charge is 0.0613 e. The monoisotopic (exact) mass is 200 g/mol. The minimum atomic E-state index is 0.456. The molecule has 3 heteroatoms. The molecule has 84 valence electrons. The van der Waals surface area contributed by atoms with Crippen molar-refractivity contribution in [1.82, 2.24) is 10.2 Å². The van der Waals surface area contributed by atoms with E-state index in [0.717, 1.165) is 6.61 Å². The third-order valence-corrected chi connectivity index (χ3v) is 2.72. The third-order valence-electron chi connectivity index (χ3n) is 2.72. The van der Waals surface area contributed by atoms with E-state index in [1.807, 2.05) is 0 Å². The first-order valence-corrected chi connectivity index (χ1v) is 5.69. The van der Waals surface area contributed by atoms with Gasteiger partial charge in [-0.15, -0.1) is 0 Å². The summed E-state index contributed by atoms with van der Waals surface area (Å²) in [5.74, 6) is 0.